The van der Waals surface area contributed by atoms with Crippen molar-refractivity contribution in [2.24, 2.45) is 5.92 Å². The molecule has 0 saturated heterocycles. The lowest BCUT2D eigenvalue weighted by Crippen LogP contribution is -2.51. The van der Waals surface area contributed by atoms with Gasteiger partial charge in [0.1, 0.15) is 17.4 Å². The molecule has 2 fully saturated rings. The Labute approximate surface area is 195 Å². The van der Waals surface area contributed by atoms with Crippen molar-refractivity contribution in [3.8, 4) is 0 Å². The third-order valence-corrected chi connectivity index (χ3v) is 7.65. The number of rotatable bonds is 8. The Kier molecular flexibility index (Phi) is 6.22. The molecule has 0 bridgehead atoms. The number of anilines is 1. The summed E-state index contributed by atoms with van der Waals surface area (Å²) in [5, 5.41) is 18.7. The molecule has 2 aliphatic carbocycles. The monoisotopic (exact) mass is 476 g/mol. The van der Waals surface area contributed by atoms with Crippen molar-refractivity contribution in [1.82, 2.24) is 35.5 Å². The minimum atomic E-state index is -3.40. The molecule has 0 radical (unpaired) electrons. The second kappa shape index (κ2) is 9.16. The summed E-state index contributed by atoms with van der Waals surface area (Å²) < 4.78 is 42.6. The molecule has 3 unspecified atom stereocenters. The molecule has 2 aliphatic rings. The number of nitrogens with zero attached hydrogens (tertiary/aromatic N) is 5. The molecule has 3 heterocycles. The van der Waals surface area contributed by atoms with Gasteiger partial charge in [-0.25, -0.2) is 23.3 Å². The number of fused-ring (bicyclic) bond motifs is 1. The average molecular weight is 477 g/mol. The van der Waals surface area contributed by atoms with Gasteiger partial charge in [0.25, 0.3) is 0 Å². The normalized spacial score (nSPS) is 27.5. The third kappa shape index (κ3) is 4.25. The van der Waals surface area contributed by atoms with Crippen LogP contribution < -0.4 is 11.1 Å². The fourth-order valence-electron chi connectivity index (χ4n) is 5.40. The zero-order valence-electron chi connectivity index (χ0n) is 19.2. The lowest BCUT2D eigenvalue weighted by atomic mass is 9.84. The molecule has 184 valence electrons. The average Bonchev–Trinajstić information content (AvgIpc) is 3.50. The zero-order chi connectivity index (χ0) is 23.9. The first-order valence-corrected chi connectivity index (χ1v) is 12.1. The van der Waals surface area contributed by atoms with Crippen molar-refractivity contribution in [1.29, 1.82) is 0 Å². The maximum Gasteiger partial charge on any atom is 0.300 e. The molecule has 4 N–H and O–H groups in total. The first-order valence-electron chi connectivity index (χ1n) is 12.1. The number of halogens is 3. The van der Waals surface area contributed by atoms with Gasteiger partial charge in [-0.05, 0) is 61.8 Å². The highest BCUT2D eigenvalue weighted by Gasteiger charge is 2.60. The van der Waals surface area contributed by atoms with E-state index in [0.29, 0.717) is 29.4 Å². The molecule has 2 saturated carbocycles. The highest BCUT2D eigenvalue weighted by Crippen LogP contribution is 2.49. The summed E-state index contributed by atoms with van der Waals surface area (Å²) in [6, 6.07) is 0.976. The number of nitrogens with two attached hydrogens (primary N) is 1. The SMILES string of the molecule is CC[C@H]1CC[C@H](NCCC(c2cnn(C3CC(F)C3(F)F)c2)c2cc(N)nc3[nH]nnc23)CC1. The van der Waals surface area contributed by atoms with Crippen LogP contribution in [-0.4, -0.2) is 54.9 Å². The molecule has 5 rings (SSSR count). The van der Waals surface area contributed by atoms with Crippen LogP contribution in [0.25, 0.3) is 11.2 Å². The summed E-state index contributed by atoms with van der Waals surface area (Å²) in [4.78, 5) is 4.24. The van der Waals surface area contributed by atoms with E-state index >= 15 is 0 Å². The molecular formula is C23H31F3N8. The number of hydrogen-bond donors (Lipinski definition) is 3. The second-order valence-electron chi connectivity index (χ2n) is 9.71. The van der Waals surface area contributed by atoms with Gasteiger partial charge in [-0.2, -0.15) is 5.10 Å². The Morgan fingerprint density at radius 3 is 2.79 bits per heavy atom. The Morgan fingerprint density at radius 1 is 1.29 bits per heavy atom. The molecule has 3 atom stereocenters. The molecule has 34 heavy (non-hydrogen) atoms. The van der Waals surface area contributed by atoms with Crippen LogP contribution in [0.15, 0.2) is 18.5 Å². The fourth-order valence-corrected chi connectivity index (χ4v) is 5.40. The van der Waals surface area contributed by atoms with Crippen LogP contribution in [0, 0.1) is 5.92 Å². The summed E-state index contributed by atoms with van der Waals surface area (Å²) >= 11 is 0. The maximum atomic E-state index is 14.0. The Balaban J connectivity index is 1.37. The van der Waals surface area contributed by atoms with Crippen LogP contribution in [0.4, 0.5) is 19.0 Å². The van der Waals surface area contributed by atoms with Gasteiger partial charge in [-0.1, -0.05) is 18.6 Å². The van der Waals surface area contributed by atoms with Gasteiger partial charge in [0.15, 0.2) is 11.8 Å². The number of aromatic amines is 1. The predicted octanol–water partition coefficient (Wildman–Crippen LogP) is 4.13. The van der Waals surface area contributed by atoms with E-state index in [1.807, 2.05) is 0 Å². The topological polar surface area (TPSA) is 110 Å². The first-order chi connectivity index (χ1) is 16.4. The molecule has 3 aromatic rings. The molecule has 0 amide bonds. The first kappa shape index (κ1) is 23.1. The quantitative estimate of drug-likeness (QED) is 0.451. The van der Waals surface area contributed by atoms with Gasteiger partial charge < -0.3 is 11.1 Å². The maximum absolute atomic E-state index is 14.0. The fraction of sp³-hybridized carbons (Fsp3) is 0.652. The van der Waals surface area contributed by atoms with Gasteiger partial charge in [0.05, 0.1) is 6.20 Å². The van der Waals surface area contributed by atoms with E-state index in [9.17, 15) is 13.2 Å². The lowest BCUT2D eigenvalue weighted by molar-refractivity contribution is -0.187. The smallest absolute Gasteiger partial charge is 0.300 e. The number of alkyl halides is 3. The highest BCUT2D eigenvalue weighted by molar-refractivity contribution is 5.77. The van der Waals surface area contributed by atoms with Gasteiger partial charge in [-0.3, -0.25) is 4.68 Å². The number of aromatic nitrogens is 6. The molecular weight excluding hydrogens is 445 g/mol. The molecule has 0 aromatic carbocycles. The minimum absolute atomic E-state index is 0.207. The van der Waals surface area contributed by atoms with Crippen molar-refractivity contribution >= 4 is 17.0 Å². The van der Waals surface area contributed by atoms with Crippen molar-refractivity contribution < 1.29 is 13.2 Å². The summed E-state index contributed by atoms with van der Waals surface area (Å²) in [5.74, 6) is -2.47. The van der Waals surface area contributed by atoms with E-state index in [2.05, 4.69) is 37.7 Å². The van der Waals surface area contributed by atoms with E-state index < -0.39 is 18.1 Å². The van der Waals surface area contributed by atoms with Crippen molar-refractivity contribution in [2.75, 3.05) is 12.3 Å². The number of pyridine rings is 1. The number of nitrogen functional groups attached to an aromatic ring is 1. The van der Waals surface area contributed by atoms with Crippen molar-refractivity contribution in [3.05, 3.63) is 29.6 Å². The van der Waals surface area contributed by atoms with E-state index in [0.717, 1.165) is 36.4 Å². The van der Waals surface area contributed by atoms with Gasteiger partial charge in [0.2, 0.25) is 0 Å². The van der Waals surface area contributed by atoms with E-state index in [1.54, 1.807) is 18.5 Å². The summed E-state index contributed by atoms with van der Waals surface area (Å²) in [6.07, 6.45) is 7.57. The molecule has 0 spiro atoms. The van der Waals surface area contributed by atoms with Crippen LogP contribution >= 0.6 is 0 Å². The van der Waals surface area contributed by atoms with Gasteiger partial charge in [-0.15, -0.1) is 5.10 Å². The molecule has 3 aromatic heterocycles. The molecule has 11 heteroatoms. The van der Waals surface area contributed by atoms with Crippen LogP contribution in [0.2, 0.25) is 0 Å². The zero-order valence-corrected chi connectivity index (χ0v) is 19.2. The minimum Gasteiger partial charge on any atom is -0.384 e. The van der Waals surface area contributed by atoms with Gasteiger partial charge in [0, 0.05) is 24.6 Å². The van der Waals surface area contributed by atoms with Crippen molar-refractivity contribution in [3.63, 3.8) is 0 Å². The Morgan fingerprint density at radius 2 is 2.09 bits per heavy atom. The van der Waals surface area contributed by atoms with Gasteiger partial charge >= 0.3 is 5.92 Å². The number of H-pyrrole nitrogens is 1. The summed E-state index contributed by atoms with van der Waals surface area (Å²) in [7, 11) is 0. The third-order valence-electron chi connectivity index (χ3n) is 7.65. The lowest BCUT2D eigenvalue weighted by Gasteiger charge is -2.39. The molecule has 0 aliphatic heterocycles. The second-order valence-corrected chi connectivity index (χ2v) is 9.71. The van der Waals surface area contributed by atoms with E-state index in [-0.39, 0.29) is 12.3 Å². The Bertz CT molecular complexity index is 1120. The largest absolute Gasteiger partial charge is 0.384 e. The van der Waals surface area contributed by atoms with E-state index in [4.69, 9.17) is 5.73 Å². The van der Waals surface area contributed by atoms with Crippen molar-refractivity contribution in [2.45, 2.75) is 82.0 Å². The Hall–Kier alpha value is -2.69. The summed E-state index contributed by atoms with van der Waals surface area (Å²) in [5.41, 5.74) is 8.68. The highest BCUT2D eigenvalue weighted by atomic mass is 19.3. The number of nitrogens with one attached hydrogen (secondary N) is 2. The molecule has 8 nitrogen and oxygen atoms in total. The van der Waals surface area contributed by atoms with Crippen LogP contribution in [0.3, 0.4) is 0 Å². The van der Waals surface area contributed by atoms with Crippen LogP contribution in [0.1, 0.15) is 75.0 Å². The van der Waals surface area contributed by atoms with Crippen LogP contribution in [-0.2, 0) is 0 Å². The summed E-state index contributed by atoms with van der Waals surface area (Å²) in [6.45, 7) is 2.99. The predicted molar refractivity (Wildman–Crippen MR) is 122 cm³/mol. The standard InChI is InChI=1S/C23H31F3N8/c1-2-13-3-5-15(6-4-13)28-8-7-16(17-9-20(27)30-22-21(17)31-33-32-22)14-11-29-34(12-14)19-10-18(24)23(19,25)26/h9,11-13,15-16,18-19,28H,2-8,10H2,1H3,(H3,27,30,31,32,33)/t13-,15-,16?,18?,19?. The van der Waals surface area contributed by atoms with Crippen LogP contribution in [0.5, 0.6) is 0 Å². The number of hydrogen-bond acceptors (Lipinski definition) is 6. The van der Waals surface area contributed by atoms with E-state index in [1.165, 1.54) is 23.9 Å².